The predicted octanol–water partition coefficient (Wildman–Crippen LogP) is 18.8. The van der Waals surface area contributed by atoms with Crippen LogP contribution < -0.4 is 0 Å². The normalized spacial score (nSPS) is 12.7. The lowest BCUT2D eigenvalue weighted by molar-refractivity contribution is -0.167. The highest BCUT2D eigenvalue weighted by Gasteiger charge is 2.19. The number of hydrogen-bond acceptors (Lipinski definition) is 6. The molecule has 0 aromatic heterocycles. The highest BCUT2D eigenvalue weighted by Crippen LogP contribution is 2.15. The Labute approximate surface area is 414 Å². The molecule has 0 saturated heterocycles. The minimum absolute atomic E-state index is 0.112. The van der Waals surface area contributed by atoms with Gasteiger partial charge in [-0.05, 0) is 89.9 Å². The van der Waals surface area contributed by atoms with E-state index in [1.165, 1.54) is 148 Å². The quantitative estimate of drug-likeness (QED) is 0.0262. The Morgan fingerprint density at radius 3 is 0.925 bits per heavy atom. The molecular formula is C61H104O6. The zero-order valence-corrected chi connectivity index (χ0v) is 43.9. The third-order valence-corrected chi connectivity index (χ3v) is 11.9. The van der Waals surface area contributed by atoms with Gasteiger partial charge in [-0.25, -0.2) is 0 Å². The van der Waals surface area contributed by atoms with E-state index in [0.717, 1.165) is 64.2 Å². The molecule has 0 spiro atoms. The summed E-state index contributed by atoms with van der Waals surface area (Å²) in [6, 6.07) is 0. The van der Waals surface area contributed by atoms with Gasteiger partial charge in [0.25, 0.3) is 0 Å². The Hall–Kier alpha value is -3.41. The fourth-order valence-electron chi connectivity index (χ4n) is 7.63. The van der Waals surface area contributed by atoms with Crippen molar-refractivity contribution in [2.24, 2.45) is 0 Å². The lowest BCUT2D eigenvalue weighted by atomic mass is 10.0. The molecule has 0 aliphatic carbocycles. The van der Waals surface area contributed by atoms with Crippen LogP contribution in [0, 0.1) is 0 Å². The van der Waals surface area contributed by atoms with Crippen molar-refractivity contribution in [1.82, 2.24) is 0 Å². The molecule has 1 atom stereocenters. The summed E-state index contributed by atoms with van der Waals surface area (Å²) in [7, 11) is 0. The summed E-state index contributed by atoms with van der Waals surface area (Å²) in [5.41, 5.74) is 0. The van der Waals surface area contributed by atoms with E-state index in [4.69, 9.17) is 14.2 Å². The van der Waals surface area contributed by atoms with Crippen molar-refractivity contribution in [1.29, 1.82) is 0 Å². The topological polar surface area (TPSA) is 78.9 Å². The van der Waals surface area contributed by atoms with Crippen molar-refractivity contribution < 1.29 is 28.6 Å². The van der Waals surface area contributed by atoms with Crippen molar-refractivity contribution in [2.75, 3.05) is 13.2 Å². The standard InChI is InChI=1S/C61H104O6/c1-4-7-10-13-16-19-22-25-28-30-33-36-39-42-45-48-51-54-60(63)66-57-58(56-65-59(62)53-50-47-44-41-38-35-32-27-24-21-18-15-12-9-6-3)67-61(64)55-52-49-46-43-40-37-34-31-29-26-23-20-17-14-11-8-5-2/h16,19,25-26,28-29,33-34,36-37,42-43,45-46,58H,4-15,17-18,20-24,27,30-32,35,38-41,44,47-57H2,1-3H3/b19-16-,28-25-,29-26-,36-33-,37-34-,45-42-,46-43-. The van der Waals surface area contributed by atoms with Gasteiger partial charge in [0, 0.05) is 19.3 Å². The summed E-state index contributed by atoms with van der Waals surface area (Å²) in [5, 5.41) is 0. The molecular weight excluding hydrogens is 829 g/mol. The SMILES string of the molecule is CCCCC/C=C\C/C=C\C/C=C\C/C=C\CCCC(=O)OCC(COC(=O)CCCCCCCCCCCCCCCCC)OC(=O)CCC/C=C\C/C=C\C/C=C\CCCCCCCC. The molecule has 6 heteroatoms. The summed E-state index contributed by atoms with van der Waals surface area (Å²) in [4.78, 5) is 38.1. The van der Waals surface area contributed by atoms with Crippen LogP contribution in [0.2, 0.25) is 0 Å². The Morgan fingerprint density at radius 1 is 0.299 bits per heavy atom. The van der Waals surface area contributed by atoms with Crippen molar-refractivity contribution in [3.05, 3.63) is 85.1 Å². The number of carbonyl (C=O) groups is 3. The molecule has 0 aromatic rings. The number of carbonyl (C=O) groups excluding carboxylic acids is 3. The van der Waals surface area contributed by atoms with Gasteiger partial charge in [0.05, 0.1) is 0 Å². The Morgan fingerprint density at radius 2 is 0.552 bits per heavy atom. The van der Waals surface area contributed by atoms with E-state index in [0.29, 0.717) is 19.3 Å². The van der Waals surface area contributed by atoms with Crippen LogP contribution in [0.5, 0.6) is 0 Å². The van der Waals surface area contributed by atoms with E-state index in [1.54, 1.807) is 0 Å². The van der Waals surface area contributed by atoms with Gasteiger partial charge < -0.3 is 14.2 Å². The van der Waals surface area contributed by atoms with E-state index in [-0.39, 0.29) is 44.0 Å². The van der Waals surface area contributed by atoms with E-state index in [1.807, 2.05) is 0 Å². The zero-order chi connectivity index (χ0) is 48.6. The fraction of sp³-hybridized carbons (Fsp3) is 0.721. The van der Waals surface area contributed by atoms with Crippen molar-refractivity contribution in [2.45, 2.75) is 271 Å². The van der Waals surface area contributed by atoms with Crippen LogP contribution in [-0.2, 0) is 28.6 Å². The van der Waals surface area contributed by atoms with Crippen LogP contribution in [-0.4, -0.2) is 37.2 Å². The van der Waals surface area contributed by atoms with Gasteiger partial charge in [0.1, 0.15) is 13.2 Å². The number of allylic oxidation sites excluding steroid dienone is 14. The molecule has 67 heavy (non-hydrogen) atoms. The Balaban J connectivity index is 4.54. The Kier molecular flexibility index (Phi) is 52.4. The monoisotopic (exact) mass is 933 g/mol. The van der Waals surface area contributed by atoms with E-state index in [2.05, 4.69) is 106 Å². The van der Waals surface area contributed by atoms with Gasteiger partial charge in [0.2, 0.25) is 0 Å². The van der Waals surface area contributed by atoms with Crippen LogP contribution >= 0.6 is 0 Å². The zero-order valence-electron chi connectivity index (χ0n) is 43.9. The fourth-order valence-corrected chi connectivity index (χ4v) is 7.63. The van der Waals surface area contributed by atoms with E-state index in [9.17, 15) is 14.4 Å². The highest BCUT2D eigenvalue weighted by atomic mass is 16.6. The van der Waals surface area contributed by atoms with Crippen molar-refractivity contribution in [3.8, 4) is 0 Å². The minimum Gasteiger partial charge on any atom is -0.462 e. The molecule has 0 saturated carbocycles. The second-order valence-corrected chi connectivity index (χ2v) is 18.5. The molecule has 0 aliphatic rings. The molecule has 0 aromatic carbocycles. The molecule has 0 radical (unpaired) electrons. The van der Waals surface area contributed by atoms with E-state index < -0.39 is 6.10 Å². The predicted molar refractivity (Wildman–Crippen MR) is 288 cm³/mol. The number of ether oxygens (including phenoxy) is 3. The second kappa shape index (κ2) is 55.2. The Bertz CT molecular complexity index is 1300. The number of esters is 3. The van der Waals surface area contributed by atoms with Crippen molar-refractivity contribution in [3.63, 3.8) is 0 Å². The molecule has 0 heterocycles. The average Bonchev–Trinajstić information content (AvgIpc) is 3.33. The lowest BCUT2D eigenvalue weighted by Gasteiger charge is -2.18. The van der Waals surface area contributed by atoms with Crippen LogP contribution in [0.4, 0.5) is 0 Å². The maximum atomic E-state index is 12.8. The lowest BCUT2D eigenvalue weighted by Crippen LogP contribution is -2.30. The first-order valence-corrected chi connectivity index (χ1v) is 28.1. The maximum Gasteiger partial charge on any atom is 0.306 e. The highest BCUT2D eigenvalue weighted by molar-refractivity contribution is 5.71. The second-order valence-electron chi connectivity index (χ2n) is 18.5. The van der Waals surface area contributed by atoms with Gasteiger partial charge in [-0.3, -0.25) is 14.4 Å². The summed E-state index contributed by atoms with van der Waals surface area (Å²) in [5.74, 6) is -1.02. The minimum atomic E-state index is -0.824. The molecule has 0 rings (SSSR count). The number of hydrogen-bond donors (Lipinski definition) is 0. The largest absolute Gasteiger partial charge is 0.462 e. The smallest absolute Gasteiger partial charge is 0.306 e. The maximum absolute atomic E-state index is 12.8. The van der Waals surface area contributed by atoms with Gasteiger partial charge in [-0.1, -0.05) is 241 Å². The number of unbranched alkanes of at least 4 members (excludes halogenated alkanes) is 25. The van der Waals surface area contributed by atoms with Crippen molar-refractivity contribution >= 4 is 17.9 Å². The molecule has 0 aliphatic heterocycles. The first kappa shape index (κ1) is 63.6. The van der Waals surface area contributed by atoms with Crippen LogP contribution in [0.1, 0.15) is 265 Å². The molecule has 1 unspecified atom stereocenters. The summed E-state index contributed by atoms with van der Waals surface area (Å²) in [6.07, 6.45) is 71.5. The van der Waals surface area contributed by atoms with Gasteiger partial charge >= 0.3 is 17.9 Å². The number of rotatable bonds is 50. The summed E-state index contributed by atoms with van der Waals surface area (Å²) < 4.78 is 16.8. The molecule has 0 fully saturated rings. The first-order valence-electron chi connectivity index (χ1n) is 28.1. The van der Waals surface area contributed by atoms with Crippen LogP contribution in [0.25, 0.3) is 0 Å². The average molecular weight is 933 g/mol. The molecule has 0 bridgehead atoms. The van der Waals surface area contributed by atoms with Gasteiger partial charge in [0.15, 0.2) is 6.10 Å². The third kappa shape index (κ3) is 53.4. The van der Waals surface area contributed by atoms with E-state index >= 15 is 0 Å². The van der Waals surface area contributed by atoms with Crippen LogP contribution in [0.3, 0.4) is 0 Å². The molecule has 0 amide bonds. The first-order chi connectivity index (χ1) is 33.0. The van der Waals surface area contributed by atoms with Crippen LogP contribution in [0.15, 0.2) is 85.1 Å². The molecule has 6 nitrogen and oxygen atoms in total. The van der Waals surface area contributed by atoms with Gasteiger partial charge in [-0.2, -0.15) is 0 Å². The summed E-state index contributed by atoms with van der Waals surface area (Å²) in [6.45, 7) is 6.53. The third-order valence-electron chi connectivity index (χ3n) is 11.9. The molecule has 0 N–H and O–H groups in total. The summed E-state index contributed by atoms with van der Waals surface area (Å²) >= 11 is 0. The molecule has 384 valence electrons. The van der Waals surface area contributed by atoms with Gasteiger partial charge in [-0.15, -0.1) is 0 Å².